The molecule has 7 heteroatoms. The summed E-state index contributed by atoms with van der Waals surface area (Å²) in [6.45, 7) is 3.72. The molecule has 0 aromatic carbocycles. The largest absolute Gasteiger partial charge is 0.433 e. The molecular weight excluding hydrogens is 259 g/mol. The van der Waals surface area contributed by atoms with Crippen molar-refractivity contribution in [2.75, 3.05) is 19.6 Å². The van der Waals surface area contributed by atoms with E-state index >= 15 is 0 Å². The molecule has 0 aliphatic carbocycles. The van der Waals surface area contributed by atoms with Gasteiger partial charge in [0.1, 0.15) is 5.69 Å². The molecule has 4 nitrogen and oxygen atoms in total. The highest BCUT2D eigenvalue weighted by molar-refractivity contribution is 5.94. The third kappa shape index (κ3) is 3.23. The first-order chi connectivity index (χ1) is 8.88. The zero-order valence-electron chi connectivity index (χ0n) is 10.4. The summed E-state index contributed by atoms with van der Waals surface area (Å²) in [5, 5.41) is 3.19. The molecule has 1 fully saturated rings. The van der Waals surface area contributed by atoms with Gasteiger partial charge in [-0.05, 0) is 19.1 Å². The van der Waals surface area contributed by atoms with E-state index < -0.39 is 11.9 Å². The van der Waals surface area contributed by atoms with Crippen molar-refractivity contribution < 1.29 is 18.0 Å². The second kappa shape index (κ2) is 5.16. The number of nitrogens with zero attached hydrogens (tertiary/aromatic N) is 2. The lowest BCUT2D eigenvalue weighted by Gasteiger charge is -2.31. The van der Waals surface area contributed by atoms with Crippen LogP contribution < -0.4 is 5.32 Å². The van der Waals surface area contributed by atoms with Gasteiger partial charge in [0.15, 0.2) is 0 Å². The number of carbonyl (C=O) groups excluding carboxylic acids is 1. The molecule has 1 aliphatic rings. The monoisotopic (exact) mass is 273 g/mol. The number of pyridine rings is 1. The van der Waals surface area contributed by atoms with Crippen LogP contribution in [-0.2, 0) is 6.18 Å². The van der Waals surface area contributed by atoms with Crippen LogP contribution in [0.4, 0.5) is 13.2 Å². The molecule has 1 aromatic heterocycles. The Labute approximate surface area is 108 Å². The SMILES string of the molecule is C[C@@H]1CN(C(=O)c2ccc(C(F)(F)F)nc2)CCN1. The number of aromatic nitrogens is 1. The zero-order valence-corrected chi connectivity index (χ0v) is 10.4. The number of alkyl halides is 3. The molecule has 19 heavy (non-hydrogen) atoms. The Kier molecular flexibility index (Phi) is 3.75. The normalized spacial score (nSPS) is 20.4. The van der Waals surface area contributed by atoms with Crippen molar-refractivity contribution in [2.45, 2.75) is 19.1 Å². The van der Waals surface area contributed by atoms with Gasteiger partial charge < -0.3 is 10.2 Å². The van der Waals surface area contributed by atoms with Gasteiger partial charge in [0, 0.05) is 31.9 Å². The molecule has 1 aliphatic heterocycles. The van der Waals surface area contributed by atoms with Crippen molar-refractivity contribution in [1.82, 2.24) is 15.2 Å². The van der Waals surface area contributed by atoms with E-state index in [2.05, 4.69) is 10.3 Å². The van der Waals surface area contributed by atoms with E-state index in [-0.39, 0.29) is 17.5 Å². The highest BCUT2D eigenvalue weighted by Crippen LogP contribution is 2.27. The van der Waals surface area contributed by atoms with Gasteiger partial charge in [0.05, 0.1) is 5.56 Å². The number of piperazine rings is 1. The Bertz CT molecular complexity index is 458. The Balaban J connectivity index is 2.11. The van der Waals surface area contributed by atoms with Crippen LogP contribution in [0.5, 0.6) is 0 Å². The van der Waals surface area contributed by atoms with Gasteiger partial charge in [-0.25, -0.2) is 0 Å². The Hall–Kier alpha value is -1.63. The highest BCUT2D eigenvalue weighted by atomic mass is 19.4. The molecular formula is C12H14F3N3O. The molecule has 0 radical (unpaired) electrons. The number of hydrogen-bond acceptors (Lipinski definition) is 3. The lowest BCUT2D eigenvalue weighted by molar-refractivity contribution is -0.141. The lowest BCUT2D eigenvalue weighted by Crippen LogP contribution is -2.51. The predicted octanol–water partition coefficient (Wildman–Crippen LogP) is 1.53. The average molecular weight is 273 g/mol. The molecule has 2 rings (SSSR count). The summed E-state index contributed by atoms with van der Waals surface area (Å²) in [4.78, 5) is 17.0. The first-order valence-electron chi connectivity index (χ1n) is 5.94. The summed E-state index contributed by atoms with van der Waals surface area (Å²) < 4.78 is 37.1. The molecule has 0 bridgehead atoms. The maximum atomic E-state index is 12.4. The molecule has 104 valence electrons. The van der Waals surface area contributed by atoms with Gasteiger partial charge >= 0.3 is 6.18 Å². The summed E-state index contributed by atoms with van der Waals surface area (Å²) in [5.74, 6) is -0.283. The summed E-state index contributed by atoms with van der Waals surface area (Å²) >= 11 is 0. The molecule has 0 unspecified atom stereocenters. The minimum atomic E-state index is -4.48. The number of carbonyl (C=O) groups is 1. The topological polar surface area (TPSA) is 45.2 Å². The van der Waals surface area contributed by atoms with Gasteiger partial charge in [0.2, 0.25) is 0 Å². The lowest BCUT2D eigenvalue weighted by atomic mass is 10.2. The number of hydrogen-bond donors (Lipinski definition) is 1. The number of nitrogens with one attached hydrogen (secondary N) is 1. The second-order valence-corrected chi connectivity index (χ2v) is 4.54. The first kappa shape index (κ1) is 13.8. The molecule has 1 amide bonds. The molecule has 0 spiro atoms. The van der Waals surface area contributed by atoms with Crippen molar-refractivity contribution in [3.05, 3.63) is 29.6 Å². The Morgan fingerprint density at radius 1 is 1.47 bits per heavy atom. The Morgan fingerprint density at radius 2 is 2.21 bits per heavy atom. The van der Waals surface area contributed by atoms with E-state index in [0.29, 0.717) is 19.6 Å². The van der Waals surface area contributed by atoms with Crippen molar-refractivity contribution in [3.8, 4) is 0 Å². The van der Waals surface area contributed by atoms with Crippen LogP contribution in [0, 0.1) is 0 Å². The highest BCUT2D eigenvalue weighted by Gasteiger charge is 2.32. The molecule has 1 aromatic rings. The van der Waals surface area contributed by atoms with Gasteiger partial charge in [-0.1, -0.05) is 0 Å². The minimum absolute atomic E-state index is 0.181. The van der Waals surface area contributed by atoms with Gasteiger partial charge in [-0.3, -0.25) is 9.78 Å². The third-order valence-electron chi connectivity index (χ3n) is 2.96. The van der Waals surface area contributed by atoms with Crippen LogP contribution in [0.1, 0.15) is 23.0 Å². The van der Waals surface area contributed by atoms with Crippen LogP contribution >= 0.6 is 0 Å². The van der Waals surface area contributed by atoms with E-state index in [1.165, 1.54) is 6.07 Å². The van der Waals surface area contributed by atoms with Crippen molar-refractivity contribution in [1.29, 1.82) is 0 Å². The van der Waals surface area contributed by atoms with Gasteiger partial charge in [-0.2, -0.15) is 13.2 Å². The van der Waals surface area contributed by atoms with E-state index in [4.69, 9.17) is 0 Å². The van der Waals surface area contributed by atoms with E-state index in [1.54, 1.807) is 4.90 Å². The maximum absolute atomic E-state index is 12.4. The summed E-state index contributed by atoms with van der Waals surface area (Å²) in [7, 11) is 0. The van der Waals surface area contributed by atoms with Crippen LogP contribution in [0.2, 0.25) is 0 Å². The van der Waals surface area contributed by atoms with E-state index in [9.17, 15) is 18.0 Å². The van der Waals surface area contributed by atoms with Crippen molar-refractivity contribution in [3.63, 3.8) is 0 Å². The molecule has 1 N–H and O–H groups in total. The average Bonchev–Trinajstić information content (AvgIpc) is 2.37. The smallest absolute Gasteiger partial charge is 0.336 e. The Morgan fingerprint density at radius 3 is 2.74 bits per heavy atom. The predicted molar refractivity (Wildman–Crippen MR) is 62.6 cm³/mol. The minimum Gasteiger partial charge on any atom is -0.336 e. The van der Waals surface area contributed by atoms with Crippen LogP contribution in [-0.4, -0.2) is 41.5 Å². The van der Waals surface area contributed by atoms with Crippen LogP contribution in [0.25, 0.3) is 0 Å². The maximum Gasteiger partial charge on any atom is 0.433 e. The standard InChI is InChI=1S/C12H14F3N3O/c1-8-7-18(5-4-16-8)11(19)9-2-3-10(17-6-9)12(13,14)15/h2-3,6,8,16H,4-5,7H2,1H3/t8-/m1/s1. The quantitative estimate of drug-likeness (QED) is 0.844. The van der Waals surface area contributed by atoms with Gasteiger partial charge in [-0.15, -0.1) is 0 Å². The fraction of sp³-hybridized carbons (Fsp3) is 0.500. The second-order valence-electron chi connectivity index (χ2n) is 4.54. The summed E-state index contributed by atoms with van der Waals surface area (Å²) in [6.07, 6.45) is -3.50. The fourth-order valence-corrected chi connectivity index (χ4v) is 1.99. The van der Waals surface area contributed by atoms with Crippen molar-refractivity contribution >= 4 is 5.91 Å². The van der Waals surface area contributed by atoms with E-state index in [1.807, 2.05) is 6.92 Å². The zero-order chi connectivity index (χ0) is 14.0. The summed E-state index contributed by atoms with van der Waals surface area (Å²) in [6, 6.07) is 2.18. The van der Waals surface area contributed by atoms with Gasteiger partial charge in [0.25, 0.3) is 5.91 Å². The number of halogens is 3. The fourth-order valence-electron chi connectivity index (χ4n) is 1.99. The van der Waals surface area contributed by atoms with Crippen LogP contribution in [0.15, 0.2) is 18.3 Å². The first-order valence-corrected chi connectivity index (χ1v) is 5.94. The molecule has 1 atom stereocenters. The summed E-state index contributed by atoms with van der Waals surface area (Å²) in [5.41, 5.74) is -0.806. The van der Waals surface area contributed by atoms with Crippen LogP contribution in [0.3, 0.4) is 0 Å². The third-order valence-corrected chi connectivity index (χ3v) is 2.96. The van der Waals surface area contributed by atoms with Crippen molar-refractivity contribution in [2.24, 2.45) is 0 Å². The number of amides is 1. The molecule has 0 saturated carbocycles. The molecule has 2 heterocycles. The molecule has 1 saturated heterocycles. The number of rotatable bonds is 1. The van der Waals surface area contributed by atoms with E-state index in [0.717, 1.165) is 12.3 Å².